The Labute approximate surface area is 88.8 Å². The minimum Gasteiger partial charge on any atom is -0.397 e. The van der Waals surface area contributed by atoms with Crippen molar-refractivity contribution in [3.05, 3.63) is 18.3 Å². The lowest BCUT2D eigenvalue weighted by Gasteiger charge is -2.20. The fourth-order valence-electron chi connectivity index (χ4n) is 2.47. The SMILES string of the molecule is Nc1ccc(NC2CC3CCC2O3)nc1. The lowest BCUT2D eigenvalue weighted by molar-refractivity contribution is 0.102. The van der Waals surface area contributed by atoms with Crippen LogP contribution in [0.15, 0.2) is 18.3 Å². The van der Waals surface area contributed by atoms with Crippen LogP contribution in [0.1, 0.15) is 19.3 Å². The molecule has 0 aliphatic carbocycles. The molecule has 2 aliphatic rings. The van der Waals surface area contributed by atoms with Crippen LogP contribution in [0.4, 0.5) is 11.5 Å². The number of hydrogen-bond acceptors (Lipinski definition) is 4. The molecular formula is C11H15N3O. The highest BCUT2D eigenvalue weighted by molar-refractivity contribution is 5.44. The summed E-state index contributed by atoms with van der Waals surface area (Å²) in [4.78, 5) is 4.23. The molecule has 80 valence electrons. The van der Waals surface area contributed by atoms with Crippen LogP contribution in [-0.2, 0) is 4.74 Å². The molecule has 3 N–H and O–H groups in total. The van der Waals surface area contributed by atoms with E-state index in [0.717, 1.165) is 12.2 Å². The summed E-state index contributed by atoms with van der Waals surface area (Å²) in [6.45, 7) is 0. The van der Waals surface area contributed by atoms with E-state index in [1.54, 1.807) is 6.20 Å². The van der Waals surface area contributed by atoms with Crippen molar-refractivity contribution in [1.29, 1.82) is 0 Å². The molecule has 2 aliphatic heterocycles. The van der Waals surface area contributed by atoms with Crippen molar-refractivity contribution in [3.8, 4) is 0 Å². The first-order chi connectivity index (χ1) is 7.31. The molecule has 4 heteroatoms. The average Bonchev–Trinajstić information content (AvgIpc) is 2.83. The smallest absolute Gasteiger partial charge is 0.126 e. The summed E-state index contributed by atoms with van der Waals surface area (Å²) < 4.78 is 5.77. The topological polar surface area (TPSA) is 60.2 Å². The highest BCUT2D eigenvalue weighted by Crippen LogP contribution is 2.35. The zero-order valence-electron chi connectivity index (χ0n) is 8.52. The van der Waals surface area contributed by atoms with E-state index in [2.05, 4.69) is 10.3 Å². The van der Waals surface area contributed by atoms with Crippen molar-refractivity contribution < 1.29 is 4.74 Å². The number of nitrogens with zero attached hydrogens (tertiary/aromatic N) is 1. The Morgan fingerprint density at radius 1 is 1.40 bits per heavy atom. The molecule has 15 heavy (non-hydrogen) atoms. The third-order valence-corrected chi connectivity index (χ3v) is 3.23. The van der Waals surface area contributed by atoms with Gasteiger partial charge >= 0.3 is 0 Å². The molecule has 1 aromatic rings. The van der Waals surface area contributed by atoms with Crippen molar-refractivity contribution in [3.63, 3.8) is 0 Å². The molecule has 0 saturated carbocycles. The fourth-order valence-corrected chi connectivity index (χ4v) is 2.47. The molecule has 0 aromatic carbocycles. The van der Waals surface area contributed by atoms with Crippen molar-refractivity contribution in [2.24, 2.45) is 0 Å². The van der Waals surface area contributed by atoms with Gasteiger partial charge in [-0.1, -0.05) is 0 Å². The van der Waals surface area contributed by atoms with Gasteiger partial charge in [0.25, 0.3) is 0 Å². The summed E-state index contributed by atoms with van der Waals surface area (Å²) in [6, 6.07) is 4.21. The van der Waals surface area contributed by atoms with Crippen LogP contribution in [0, 0.1) is 0 Å². The van der Waals surface area contributed by atoms with Crippen molar-refractivity contribution in [2.45, 2.75) is 37.5 Å². The van der Waals surface area contributed by atoms with Gasteiger partial charge in [0.1, 0.15) is 5.82 Å². The van der Waals surface area contributed by atoms with Crippen LogP contribution >= 0.6 is 0 Å². The maximum absolute atomic E-state index is 5.77. The zero-order valence-corrected chi connectivity index (χ0v) is 8.52. The van der Waals surface area contributed by atoms with E-state index in [-0.39, 0.29) is 0 Å². The Bertz CT molecular complexity index is 351. The van der Waals surface area contributed by atoms with E-state index in [1.807, 2.05) is 12.1 Å². The summed E-state index contributed by atoms with van der Waals surface area (Å²) in [5.41, 5.74) is 6.28. The highest BCUT2D eigenvalue weighted by atomic mass is 16.5. The maximum atomic E-state index is 5.77. The Balaban J connectivity index is 1.68. The minimum atomic E-state index is 0.384. The summed E-state index contributed by atoms with van der Waals surface area (Å²) >= 11 is 0. The first kappa shape index (κ1) is 8.97. The standard InChI is InChI=1S/C11H15N3O/c12-7-1-4-11(13-6-7)14-9-5-8-2-3-10(9)15-8/h1,4,6,8-10H,2-3,5,12H2,(H,13,14). The van der Waals surface area contributed by atoms with Crippen LogP contribution in [0.3, 0.4) is 0 Å². The number of anilines is 2. The number of nitrogens with two attached hydrogens (primary N) is 1. The van der Waals surface area contributed by atoms with Gasteiger partial charge in [-0.3, -0.25) is 0 Å². The van der Waals surface area contributed by atoms with Gasteiger partial charge in [0.2, 0.25) is 0 Å². The van der Waals surface area contributed by atoms with Gasteiger partial charge in [0.05, 0.1) is 30.1 Å². The van der Waals surface area contributed by atoms with Crippen LogP contribution in [-0.4, -0.2) is 23.2 Å². The highest BCUT2D eigenvalue weighted by Gasteiger charge is 2.40. The van der Waals surface area contributed by atoms with E-state index in [0.29, 0.717) is 23.9 Å². The molecule has 1 aromatic heterocycles. The van der Waals surface area contributed by atoms with Crippen LogP contribution < -0.4 is 11.1 Å². The van der Waals surface area contributed by atoms with Gasteiger partial charge in [-0.05, 0) is 31.4 Å². The van der Waals surface area contributed by atoms with Crippen molar-refractivity contribution >= 4 is 11.5 Å². The Kier molecular flexibility index (Phi) is 2.02. The second-order valence-corrected chi connectivity index (χ2v) is 4.34. The number of rotatable bonds is 2. The molecule has 3 atom stereocenters. The minimum absolute atomic E-state index is 0.384. The first-order valence-electron chi connectivity index (χ1n) is 5.45. The Hall–Kier alpha value is -1.29. The summed E-state index contributed by atoms with van der Waals surface area (Å²) in [7, 11) is 0. The van der Waals surface area contributed by atoms with Gasteiger partial charge < -0.3 is 15.8 Å². The quantitative estimate of drug-likeness (QED) is 0.766. The molecule has 3 heterocycles. The summed E-state index contributed by atoms with van der Waals surface area (Å²) in [5.74, 6) is 0.894. The second-order valence-electron chi connectivity index (χ2n) is 4.34. The van der Waals surface area contributed by atoms with Crippen LogP contribution in [0.5, 0.6) is 0 Å². The predicted molar refractivity (Wildman–Crippen MR) is 58.6 cm³/mol. The summed E-state index contributed by atoms with van der Waals surface area (Å²) in [6.07, 6.45) is 6.04. The van der Waals surface area contributed by atoms with Gasteiger partial charge in [0.15, 0.2) is 0 Å². The molecule has 2 saturated heterocycles. The molecule has 0 amide bonds. The molecule has 2 fully saturated rings. The first-order valence-corrected chi connectivity index (χ1v) is 5.45. The number of pyridine rings is 1. The zero-order chi connectivity index (χ0) is 10.3. The third kappa shape index (κ3) is 1.65. The molecule has 0 spiro atoms. The van der Waals surface area contributed by atoms with E-state index >= 15 is 0 Å². The van der Waals surface area contributed by atoms with Crippen LogP contribution in [0.2, 0.25) is 0 Å². The fraction of sp³-hybridized carbons (Fsp3) is 0.545. The number of nitrogen functional groups attached to an aromatic ring is 1. The largest absolute Gasteiger partial charge is 0.397 e. The Morgan fingerprint density at radius 2 is 2.33 bits per heavy atom. The number of aromatic nitrogens is 1. The lowest BCUT2D eigenvalue weighted by Crippen LogP contribution is -2.30. The molecule has 4 nitrogen and oxygen atoms in total. The van der Waals surface area contributed by atoms with E-state index in [1.165, 1.54) is 12.8 Å². The number of fused-ring (bicyclic) bond motifs is 2. The second kappa shape index (κ2) is 3.38. The summed E-state index contributed by atoms with van der Waals surface area (Å²) in [5, 5.41) is 3.41. The molecular weight excluding hydrogens is 190 g/mol. The Morgan fingerprint density at radius 3 is 2.93 bits per heavy atom. The molecule has 2 bridgehead atoms. The molecule has 0 radical (unpaired) electrons. The predicted octanol–water partition coefficient (Wildman–Crippen LogP) is 1.40. The van der Waals surface area contributed by atoms with Gasteiger partial charge in [-0.2, -0.15) is 0 Å². The van der Waals surface area contributed by atoms with Crippen molar-refractivity contribution in [2.75, 3.05) is 11.1 Å². The van der Waals surface area contributed by atoms with Gasteiger partial charge in [-0.25, -0.2) is 4.98 Å². The van der Waals surface area contributed by atoms with Crippen molar-refractivity contribution in [1.82, 2.24) is 4.98 Å². The average molecular weight is 205 g/mol. The maximum Gasteiger partial charge on any atom is 0.126 e. The van der Waals surface area contributed by atoms with E-state index in [4.69, 9.17) is 10.5 Å². The van der Waals surface area contributed by atoms with Gasteiger partial charge in [0, 0.05) is 0 Å². The number of hydrogen-bond donors (Lipinski definition) is 2. The van der Waals surface area contributed by atoms with E-state index < -0.39 is 0 Å². The van der Waals surface area contributed by atoms with E-state index in [9.17, 15) is 0 Å². The van der Waals surface area contributed by atoms with Crippen LogP contribution in [0.25, 0.3) is 0 Å². The van der Waals surface area contributed by atoms with Gasteiger partial charge in [-0.15, -0.1) is 0 Å². The molecule has 3 unspecified atom stereocenters. The normalized spacial score (nSPS) is 33.2. The number of ether oxygens (including phenoxy) is 1. The third-order valence-electron chi connectivity index (χ3n) is 3.23. The number of nitrogens with one attached hydrogen (secondary N) is 1. The molecule has 3 rings (SSSR count). The monoisotopic (exact) mass is 205 g/mol. The lowest BCUT2D eigenvalue weighted by atomic mass is 9.95.